The van der Waals surface area contributed by atoms with Gasteiger partial charge in [-0.1, -0.05) is 26.2 Å². The summed E-state index contributed by atoms with van der Waals surface area (Å²) in [7, 11) is 0. The summed E-state index contributed by atoms with van der Waals surface area (Å²) in [4.78, 5) is 4.42. The third-order valence-electron chi connectivity index (χ3n) is 1.90. The fraction of sp³-hybridized carbons (Fsp3) is 0.900. The molecule has 0 radical (unpaired) electrons. The van der Waals surface area contributed by atoms with Crippen LogP contribution in [0.2, 0.25) is 0 Å². The molecule has 0 bridgehead atoms. The van der Waals surface area contributed by atoms with Gasteiger partial charge in [0.1, 0.15) is 0 Å². The number of nitrogens with zero attached hydrogens (tertiary/aromatic N) is 1. The molecule has 0 amide bonds. The summed E-state index contributed by atoms with van der Waals surface area (Å²) in [5, 5.41) is 0. The van der Waals surface area contributed by atoms with Crippen molar-refractivity contribution in [3.8, 4) is 0 Å². The summed E-state index contributed by atoms with van der Waals surface area (Å²) in [6.45, 7) is 6.01. The van der Waals surface area contributed by atoms with E-state index in [2.05, 4.69) is 18.8 Å². The summed E-state index contributed by atoms with van der Waals surface area (Å²) in [5.41, 5.74) is 6.60. The smallest absolute Gasteiger partial charge is 0.0388 e. The Hall–Kier alpha value is -0.370. The number of hydrogen-bond acceptors (Lipinski definition) is 2. The highest BCUT2D eigenvalue weighted by atomic mass is 14.7. The van der Waals surface area contributed by atoms with Gasteiger partial charge in [0.15, 0.2) is 0 Å². The quantitative estimate of drug-likeness (QED) is 0.462. The predicted octanol–water partition coefficient (Wildman–Crippen LogP) is 2.38. The van der Waals surface area contributed by atoms with Gasteiger partial charge in [-0.3, -0.25) is 4.99 Å². The lowest BCUT2D eigenvalue weighted by atomic mass is 10.2. The molecule has 0 aliphatic carbocycles. The highest BCUT2D eigenvalue weighted by molar-refractivity contribution is 5.81. The molecule has 0 aliphatic heterocycles. The Kier molecular flexibility index (Phi) is 8.46. The average molecular weight is 170 g/mol. The van der Waals surface area contributed by atoms with Crippen molar-refractivity contribution in [2.24, 2.45) is 10.7 Å². The molecule has 12 heavy (non-hydrogen) atoms. The second-order valence-electron chi connectivity index (χ2n) is 3.22. The molecular formula is C10H22N2. The van der Waals surface area contributed by atoms with Crippen LogP contribution in [-0.2, 0) is 0 Å². The van der Waals surface area contributed by atoms with Crippen molar-refractivity contribution in [2.75, 3.05) is 13.1 Å². The first-order chi connectivity index (χ1) is 5.81. The van der Waals surface area contributed by atoms with Gasteiger partial charge in [0.25, 0.3) is 0 Å². The van der Waals surface area contributed by atoms with Crippen LogP contribution in [0.5, 0.6) is 0 Å². The van der Waals surface area contributed by atoms with Crippen LogP contribution in [0.3, 0.4) is 0 Å². The molecule has 0 aliphatic rings. The molecule has 0 aromatic heterocycles. The van der Waals surface area contributed by atoms with E-state index in [0.29, 0.717) is 0 Å². The zero-order chi connectivity index (χ0) is 9.23. The number of rotatable bonds is 7. The summed E-state index contributed by atoms with van der Waals surface area (Å²) in [5.74, 6) is 0. The van der Waals surface area contributed by atoms with Crippen molar-refractivity contribution < 1.29 is 0 Å². The molecule has 72 valence electrons. The van der Waals surface area contributed by atoms with Crippen LogP contribution in [0.15, 0.2) is 4.99 Å². The number of aliphatic imine (C=N–C) groups is 1. The molecule has 0 spiro atoms. The number of unbranched alkanes of at least 4 members (excludes halogenated alkanes) is 3. The van der Waals surface area contributed by atoms with E-state index in [0.717, 1.165) is 19.5 Å². The monoisotopic (exact) mass is 170 g/mol. The van der Waals surface area contributed by atoms with Gasteiger partial charge in [-0.15, -0.1) is 0 Å². The molecule has 2 nitrogen and oxygen atoms in total. The summed E-state index contributed by atoms with van der Waals surface area (Å²) < 4.78 is 0. The normalized spacial score (nSPS) is 12.1. The predicted molar refractivity (Wildman–Crippen MR) is 55.8 cm³/mol. The molecule has 2 heteroatoms. The fourth-order valence-electron chi connectivity index (χ4n) is 1.10. The molecule has 0 rings (SSSR count). The zero-order valence-corrected chi connectivity index (χ0v) is 8.47. The van der Waals surface area contributed by atoms with Crippen molar-refractivity contribution in [3.05, 3.63) is 0 Å². The molecule has 0 aromatic carbocycles. The minimum atomic E-state index is 0.726. The Bertz CT molecular complexity index is 119. The van der Waals surface area contributed by atoms with E-state index in [9.17, 15) is 0 Å². The average Bonchev–Trinajstić information content (AvgIpc) is 2.05. The van der Waals surface area contributed by atoms with Crippen LogP contribution >= 0.6 is 0 Å². The van der Waals surface area contributed by atoms with Crippen LogP contribution in [0, 0.1) is 0 Å². The molecule has 0 unspecified atom stereocenters. The Labute approximate surface area is 76.3 Å². The van der Waals surface area contributed by atoms with Gasteiger partial charge >= 0.3 is 0 Å². The van der Waals surface area contributed by atoms with Gasteiger partial charge in [-0.05, 0) is 26.3 Å². The van der Waals surface area contributed by atoms with Crippen LogP contribution in [0.25, 0.3) is 0 Å². The Morgan fingerprint density at radius 1 is 1.25 bits per heavy atom. The maximum atomic E-state index is 5.40. The van der Waals surface area contributed by atoms with E-state index in [4.69, 9.17) is 5.73 Å². The topological polar surface area (TPSA) is 38.4 Å². The van der Waals surface area contributed by atoms with Gasteiger partial charge in [-0.2, -0.15) is 0 Å². The Balaban J connectivity index is 3.21. The van der Waals surface area contributed by atoms with Gasteiger partial charge in [-0.25, -0.2) is 0 Å². The van der Waals surface area contributed by atoms with Crippen molar-refractivity contribution in [2.45, 2.75) is 46.0 Å². The van der Waals surface area contributed by atoms with E-state index in [-0.39, 0.29) is 0 Å². The van der Waals surface area contributed by atoms with Crippen LogP contribution < -0.4 is 5.73 Å². The second kappa shape index (κ2) is 8.72. The molecule has 0 fully saturated rings. The maximum Gasteiger partial charge on any atom is 0.0388 e. The van der Waals surface area contributed by atoms with Crippen molar-refractivity contribution in [1.82, 2.24) is 0 Å². The lowest BCUT2D eigenvalue weighted by Crippen LogP contribution is -2.05. The molecular weight excluding hydrogens is 148 g/mol. The van der Waals surface area contributed by atoms with Gasteiger partial charge in [0.05, 0.1) is 0 Å². The van der Waals surface area contributed by atoms with E-state index in [1.54, 1.807) is 0 Å². The SMILES string of the molecule is CCCCCCN=C(C)CCN. The molecule has 0 heterocycles. The summed E-state index contributed by atoms with van der Waals surface area (Å²) in [6.07, 6.45) is 6.14. The molecule has 0 saturated carbocycles. The van der Waals surface area contributed by atoms with E-state index in [1.807, 2.05) is 0 Å². The zero-order valence-electron chi connectivity index (χ0n) is 8.47. The first kappa shape index (κ1) is 11.6. The largest absolute Gasteiger partial charge is 0.330 e. The van der Waals surface area contributed by atoms with Gasteiger partial charge < -0.3 is 5.73 Å². The van der Waals surface area contributed by atoms with Crippen molar-refractivity contribution >= 4 is 5.71 Å². The lowest BCUT2D eigenvalue weighted by Gasteiger charge is -1.98. The van der Waals surface area contributed by atoms with E-state index < -0.39 is 0 Å². The molecule has 0 atom stereocenters. The minimum Gasteiger partial charge on any atom is -0.330 e. The molecule has 0 aromatic rings. The van der Waals surface area contributed by atoms with Crippen LogP contribution in [0.1, 0.15) is 46.0 Å². The molecule has 0 saturated heterocycles. The summed E-state index contributed by atoms with van der Waals surface area (Å²) in [6, 6.07) is 0. The van der Waals surface area contributed by atoms with Gasteiger partial charge in [0, 0.05) is 12.3 Å². The Morgan fingerprint density at radius 2 is 2.00 bits per heavy atom. The first-order valence-electron chi connectivity index (χ1n) is 5.01. The maximum absolute atomic E-state index is 5.40. The van der Waals surface area contributed by atoms with Crippen LogP contribution in [-0.4, -0.2) is 18.8 Å². The van der Waals surface area contributed by atoms with E-state index >= 15 is 0 Å². The lowest BCUT2D eigenvalue weighted by molar-refractivity contribution is 0.674. The second-order valence-corrected chi connectivity index (χ2v) is 3.22. The van der Waals surface area contributed by atoms with Crippen LogP contribution in [0.4, 0.5) is 0 Å². The molecule has 2 N–H and O–H groups in total. The highest BCUT2D eigenvalue weighted by Crippen LogP contribution is 1.99. The fourth-order valence-corrected chi connectivity index (χ4v) is 1.10. The number of nitrogens with two attached hydrogens (primary N) is 1. The van der Waals surface area contributed by atoms with E-state index in [1.165, 1.54) is 31.4 Å². The third-order valence-corrected chi connectivity index (χ3v) is 1.90. The number of hydrogen-bond donors (Lipinski definition) is 1. The Morgan fingerprint density at radius 3 is 2.58 bits per heavy atom. The standard InChI is InChI=1S/C10H22N2/c1-3-4-5-6-9-12-10(2)7-8-11/h3-9,11H2,1-2H3. The highest BCUT2D eigenvalue weighted by Gasteiger charge is 1.89. The van der Waals surface area contributed by atoms with Crippen molar-refractivity contribution in [1.29, 1.82) is 0 Å². The summed E-state index contributed by atoms with van der Waals surface area (Å²) >= 11 is 0. The third kappa shape index (κ3) is 7.73. The minimum absolute atomic E-state index is 0.726. The van der Waals surface area contributed by atoms with Gasteiger partial charge in [0.2, 0.25) is 0 Å². The van der Waals surface area contributed by atoms with Crippen molar-refractivity contribution in [3.63, 3.8) is 0 Å². The first-order valence-corrected chi connectivity index (χ1v) is 5.01.